The van der Waals surface area contributed by atoms with E-state index in [4.69, 9.17) is 4.74 Å². The molecule has 1 aliphatic rings. The molecule has 0 aromatic heterocycles. The summed E-state index contributed by atoms with van der Waals surface area (Å²) < 4.78 is 33.7. The highest BCUT2D eigenvalue weighted by Crippen LogP contribution is 2.47. The van der Waals surface area contributed by atoms with Gasteiger partial charge < -0.3 is 9.64 Å². The summed E-state index contributed by atoms with van der Waals surface area (Å²) >= 11 is 1.49. The van der Waals surface area contributed by atoms with Crippen molar-refractivity contribution in [2.24, 2.45) is 5.41 Å². The Hall–Kier alpha value is -2.25. The fraction of sp³-hybridized carbons (Fsp3) is 0.464. The van der Waals surface area contributed by atoms with E-state index in [9.17, 15) is 13.2 Å². The van der Waals surface area contributed by atoms with Crippen molar-refractivity contribution in [1.29, 1.82) is 0 Å². The average Bonchev–Trinajstić information content (AvgIpc) is 2.93. The fourth-order valence-corrected chi connectivity index (χ4v) is 7.42. The number of carbonyl (C=O) groups excluding carboxylic acids is 1. The Bertz CT molecular complexity index is 1140. The predicted octanol–water partition coefficient (Wildman–Crippen LogP) is 7.18. The smallest absolute Gasteiger partial charge is 0.181 e. The Kier molecular flexibility index (Phi) is 9.47. The molecular formula is C28H37NO4S2. The van der Waals surface area contributed by atoms with Crippen molar-refractivity contribution in [3.05, 3.63) is 54.8 Å². The molecule has 0 fully saturated rings. The van der Waals surface area contributed by atoms with Crippen molar-refractivity contribution in [3.8, 4) is 5.75 Å². The Balaban J connectivity index is 2.22. The largest absolute Gasteiger partial charge is 0.464 e. The number of sulfone groups is 1. The molecule has 0 aliphatic carbocycles. The lowest BCUT2D eigenvalue weighted by atomic mass is 9.79. The van der Waals surface area contributed by atoms with Crippen LogP contribution in [0.5, 0.6) is 5.75 Å². The number of hydrogen-bond acceptors (Lipinski definition) is 6. The molecule has 190 valence electrons. The summed E-state index contributed by atoms with van der Waals surface area (Å²) in [5, 5.41) is 0. The summed E-state index contributed by atoms with van der Waals surface area (Å²) in [6.07, 6.45) is 10.4. The second-order valence-electron chi connectivity index (χ2n) is 9.39. The quantitative estimate of drug-likeness (QED) is 0.179. The third-order valence-corrected chi connectivity index (χ3v) is 9.30. The maximum atomic E-state index is 14.0. The first-order valence-corrected chi connectivity index (χ1v) is 15.2. The minimum Gasteiger partial charge on any atom is -0.464 e. The molecule has 0 bridgehead atoms. The molecule has 0 amide bonds. The molecule has 0 radical (unpaired) electrons. The van der Waals surface area contributed by atoms with Crippen LogP contribution in [0.2, 0.25) is 0 Å². The lowest BCUT2D eigenvalue weighted by Crippen LogP contribution is -2.38. The van der Waals surface area contributed by atoms with E-state index in [2.05, 4.69) is 18.7 Å². The van der Waals surface area contributed by atoms with Gasteiger partial charge in [-0.05, 0) is 44.2 Å². The number of benzene rings is 2. The zero-order chi connectivity index (χ0) is 25.5. The number of allylic oxidation sites excluding steroid dienone is 1. The summed E-state index contributed by atoms with van der Waals surface area (Å²) in [4.78, 5) is 14.6. The number of ether oxygens (including phenoxy) is 1. The summed E-state index contributed by atoms with van der Waals surface area (Å²) in [6.45, 7) is 6.42. The Morgan fingerprint density at radius 1 is 1.11 bits per heavy atom. The molecule has 2 aromatic carbocycles. The van der Waals surface area contributed by atoms with Crippen molar-refractivity contribution < 1.29 is 17.9 Å². The van der Waals surface area contributed by atoms with E-state index >= 15 is 0 Å². The van der Waals surface area contributed by atoms with Crippen molar-refractivity contribution in [1.82, 2.24) is 0 Å². The SMILES string of the molecule is CCCCC1(CCCC)CN(c2ccccc2)c2cc(SC)c(O/C=C\C(C)=O)cc2S(=O)(=O)C1. The molecule has 5 nitrogen and oxygen atoms in total. The fourth-order valence-electron chi connectivity index (χ4n) is 4.76. The molecule has 35 heavy (non-hydrogen) atoms. The van der Waals surface area contributed by atoms with Crippen LogP contribution in [0, 0.1) is 5.41 Å². The van der Waals surface area contributed by atoms with Crippen molar-refractivity contribution in [2.45, 2.75) is 69.1 Å². The molecule has 1 aliphatic heterocycles. The third-order valence-electron chi connectivity index (χ3n) is 6.55. The Labute approximate surface area is 214 Å². The van der Waals surface area contributed by atoms with Gasteiger partial charge in [-0.3, -0.25) is 4.79 Å². The number of anilines is 2. The Morgan fingerprint density at radius 3 is 2.34 bits per heavy atom. The first-order chi connectivity index (χ1) is 16.7. The number of ketones is 1. The van der Waals surface area contributed by atoms with Crippen molar-refractivity contribution >= 4 is 38.8 Å². The van der Waals surface area contributed by atoms with Gasteiger partial charge in [-0.25, -0.2) is 8.42 Å². The molecule has 7 heteroatoms. The van der Waals surface area contributed by atoms with Gasteiger partial charge in [0, 0.05) is 29.8 Å². The van der Waals surface area contributed by atoms with Crippen molar-refractivity contribution in [2.75, 3.05) is 23.5 Å². The highest BCUT2D eigenvalue weighted by molar-refractivity contribution is 7.98. The van der Waals surface area contributed by atoms with Gasteiger partial charge in [0.1, 0.15) is 5.75 Å². The van der Waals surface area contributed by atoms with Gasteiger partial charge in [-0.15, -0.1) is 11.8 Å². The van der Waals surface area contributed by atoms with Crippen LogP contribution in [-0.2, 0) is 14.6 Å². The number of fused-ring (bicyclic) bond motifs is 1. The maximum Gasteiger partial charge on any atom is 0.181 e. The number of carbonyl (C=O) groups is 1. The molecule has 3 rings (SSSR count). The lowest BCUT2D eigenvalue weighted by Gasteiger charge is -2.37. The zero-order valence-corrected chi connectivity index (χ0v) is 22.9. The van der Waals surface area contributed by atoms with Gasteiger partial charge in [-0.1, -0.05) is 57.7 Å². The monoisotopic (exact) mass is 515 g/mol. The molecule has 0 N–H and O–H groups in total. The molecule has 1 heterocycles. The van der Waals surface area contributed by atoms with Crippen LogP contribution in [0.3, 0.4) is 0 Å². The van der Waals surface area contributed by atoms with E-state index in [1.165, 1.54) is 31.0 Å². The van der Waals surface area contributed by atoms with Gasteiger partial charge in [0.15, 0.2) is 15.6 Å². The van der Waals surface area contributed by atoms with E-state index < -0.39 is 9.84 Å². The second kappa shape index (κ2) is 12.1. The standard InChI is InChI=1S/C28H37NO4S2/c1-5-7-15-28(16-8-6-2)20-29(23-12-10-9-11-13-23)24-18-26(34-4)25(33-17-14-22(3)30)19-27(24)35(31,32)21-28/h9-14,17-19H,5-8,15-16,20-21H2,1-4H3/b17-14-. The van der Waals surface area contributed by atoms with E-state index in [1.807, 2.05) is 42.7 Å². The van der Waals surface area contributed by atoms with Crippen LogP contribution >= 0.6 is 11.8 Å². The number of thioether (sulfide) groups is 1. The van der Waals surface area contributed by atoms with Crippen LogP contribution in [0.4, 0.5) is 11.4 Å². The van der Waals surface area contributed by atoms with E-state index in [1.54, 1.807) is 6.07 Å². The second-order valence-corrected chi connectivity index (χ2v) is 12.2. The molecule has 2 aromatic rings. The van der Waals surface area contributed by atoms with E-state index in [0.717, 1.165) is 49.1 Å². The number of unbranched alkanes of at least 4 members (excludes halogenated alkanes) is 2. The van der Waals surface area contributed by atoms with Gasteiger partial charge >= 0.3 is 0 Å². The molecule has 0 atom stereocenters. The predicted molar refractivity (Wildman–Crippen MR) is 146 cm³/mol. The summed E-state index contributed by atoms with van der Waals surface area (Å²) in [5.41, 5.74) is 1.34. The minimum atomic E-state index is -3.60. The van der Waals surface area contributed by atoms with Crippen LogP contribution in [0.1, 0.15) is 59.3 Å². The molecule has 0 saturated heterocycles. The molecule has 0 spiro atoms. The van der Waals surface area contributed by atoms with Gasteiger partial charge in [0.05, 0.1) is 27.5 Å². The van der Waals surface area contributed by atoms with Crippen molar-refractivity contribution in [3.63, 3.8) is 0 Å². The van der Waals surface area contributed by atoms with Crippen LogP contribution < -0.4 is 9.64 Å². The summed E-state index contributed by atoms with van der Waals surface area (Å²) in [7, 11) is -3.60. The Morgan fingerprint density at radius 2 is 1.77 bits per heavy atom. The maximum absolute atomic E-state index is 14.0. The van der Waals surface area contributed by atoms with E-state index in [-0.39, 0.29) is 17.0 Å². The molecule has 0 saturated carbocycles. The van der Waals surface area contributed by atoms with Gasteiger partial charge in [0.25, 0.3) is 0 Å². The van der Waals surface area contributed by atoms with E-state index in [0.29, 0.717) is 22.9 Å². The van der Waals surface area contributed by atoms with Gasteiger partial charge in [0.2, 0.25) is 0 Å². The number of nitrogens with zero attached hydrogens (tertiary/aromatic N) is 1. The van der Waals surface area contributed by atoms with Crippen LogP contribution in [0.15, 0.2) is 64.6 Å². The minimum absolute atomic E-state index is 0.123. The first-order valence-electron chi connectivity index (χ1n) is 12.4. The van der Waals surface area contributed by atoms with Crippen LogP contribution in [-0.4, -0.2) is 32.8 Å². The topological polar surface area (TPSA) is 63.7 Å². The normalized spacial score (nSPS) is 16.6. The third kappa shape index (κ3) is 6.70. The highest BCUT2D eigenvalue weighted by atomic mass is 32.2. The first kappa shape index (κ1) is 27.3. The molecular weight excluding hydrogens is 478 g/mol. The summed E-state index contributed by atoms with van der Waals surface area (Å²) in [5.74, 6) is 0.433. The van der Waals surface area contributed by atoms with Crippen LogP contribution in [0.25, 0.3) is 0 Å². The average molecular weight is 516 g/mol. The number of para-hydroxylation sites is 1. The highest BCUT2D eigenvalue weighted by Gasteiger charge is 2.42. The summed E-state index contributed by atoms with van der Waals surface area (Å²) in [6, 6.07) is 13.6. The zero-order valence-electron chi connectivity index (χ0n) is 21.2. The number of rotatable bonds is 11. The molecule has 0 unspecified atom stereocenters. The lowest BCUT2D eigenvalue weighted by molar-refractivity contribution is -0.112. The number of hydrogen-bond donors (Lipinski definition) is 0. The van der Waals surface area contributed by atoms with Gasteiger partial charge in [-0.2, -0.15) is 0 Å².